The molecule has 22 heavy (non-hydrogen) atoms. The lowest BCUT2D eigenvalue weighted by molar-refractivity contribution is -0.137. The van der Waals surface area contributed by atoms with Gasteiger partial charge in [0.2, 0.25) is 0 Å². The summed E-state index contributed by atoms with van der Waals surface area (Å²) in [6.45, 7) is 4.46. The van der Waals surface area contributed by atoms with Crippen molar-refractivity contribution >= 4 is 0 Å². The lowest BCUT2D eigenvalue weighted by atomic mass is 10.0. The van der Waals surface area contributed by atoms with Gasteiger partial charge < -0.3 is 4.90 Å². The Bertz CT molecular complexity index is 533. The normalized spacial score (nSPS) is 22.3. The summed E-state index contributed by atoms with van der Waals surface area (Å²) in [5.74, 6) is 0. The van der Waals surface area contributed by atoms with Gasteiger partial charge in [-0.05, 0) is 31.2 Å². The Hall–Kier alpha value is -1.58. The average molecular weight is 311 g/mol. The number of halogens is 3. The number of alkyl halides is 3. The zero-order valence-corrected chi connectivity index (χ0v) is 12.8. The molecule has 0 amide bonds. The van der Waals surface area contributed by atoms with E-state index in [1.54, 1.807) is 0 Å². The van der Waals surface area contributed by atoms with Crippen molar-refractivity contribution < 1.29 is 13.2 Å². The monoisotopic (exact) mass is 311 g/mol. The van der Waals surface area contributed by atoms with Gasteiger partial charge in [-0.15, -0.1) is 0 Å². The van der Waals surface area contributed by atoms with Gasteiger partial charge in [-0.25, -0.2) is 0 Å². The van der Waals surface area contributed by atoms with Crippen molar-refractivity contribution in [3.63, 3.8) is 0 Å². The quantitative estimate of drug-likeness (QED) is 0.858. The van der Waals surface area contributed by atoms with Crippen LogP contribution in [0.5, 0.6) is 0 Å². The number of nitriles is 1. The molecule has 2 rings (SSSR count). The van der Waals surface area contributed by atoms with Crippen LogP contribution in [0.4, 0.5) is 13.2 Å². The third-order valence-corrected chi connectivity index (χ3v) is 4.32. The van der Waals surface area contributed by atoms with E-state index in [0.29, 0.717) is 11.6 Å². The van der Waals surface area contributed by atoms with Crippen molar-refractivity contribution in [3.05, 3.63) is 35.4 Å². The molecular weight excluding hydrogens is 291 g/mol. The van der Waals surface area contributed by atoms with Gasteiger partial charge >= 0.3 is 6.18 Å². The van der Waals surface area contributed by atoms with Gasteiger partial charge in [0.1, 0.15) is 6.04 Å². The molecule has 0 spiro atoms. The predicted molar refractivity (Wildman–Crippen MR) is 78.1 cm³/mol. The topological polar surface area (TPSA) is 30.3 Å². The average Bonchev–Trinajstić information content (AvgIpc) is 2.49. The number of hydrogen-bond donors (Lipinski definition) is 0. The minimum Gasteiger partial charge on any atom is -0.301 e. The Morgan fingerprint density at radius 3 is 2.41 bits per heavy atom. The number of piperazine rings is 1. The van der Waals surface area contributed by atoms with E-state index >= 15 is 0 Å². The van der Waals surface area contributed by atoms with E-state index < -0.39 is 17.8 Å². The number of nitrogens with zero attached hydrogens (tertiary/aromatic N) is 3. The van der Waals surface area contributed by atoms with E-state index in [4.69, 9.17) is 0 Å². The highest BCUT2D eigenvalue weighted by Crippen LogP contribution is 2.31. The summed E-state index contributed by atoms with van der Waals surface area (Å²) in [4.78, 5) is 4.31. The summed E-state index contributed by atoms with van der Waals surface area (Å²) < 4.78 is 37.8. The van der Waals surface area contributed by atoms with Crippen molar-refractivity contribution in [2.75, 3.05) is 26.7 Å². The predicted octanol–water partition coefficient (Wildman–Crippen LogP) is 3.30. The maximum atomic E-state index is 12.6. The number of rotatable bonds is 3. The van der Waals surface area contributed by atoms with E-state index in [9.17, 15) is 18.4 Å². The first-order chi connectivity index (χ1) is 10.4. The molecule has 3 nitrogen and oxygen atoms in total. The van der Waals surface area contributed by atoms with E-state index in [-0.39, 0.29) is 0 Å². The number of likely N-dealkylation sites (N-methyl/N-ethyl adjacent to an activating group) is 1. The first-order valence-corrected chi connectivity index (χ1v) is 7.38. The fraction of sp³-hybridized carbons (Fsp3) is 0.562. The minimum atomic E-state index is -4.35. The standard InChI is InChI=1S/C16H20F3N3/c1-3-14-11-22(9-8-21(14)2)15(10-20)12-4-6-13(7-5-12)16(17,18)19/h4-7,14-15H,3,8-9,11H2,1-2H3. The minimum absolute atomic E-state index is 0.374. The largest absolute Gasteiger partial charge is 0.416 e. The summed E-state index contributed by atoms with van der Waals surface area (Å²) in [6.07, 6.45) is -3.36. The van der Waals surface area contributed by atoms with Gasteiger partial charge in [0.15, 0.2) is 0 Å². The zero-order chi connectivity index (χ0) is 16.3. The number of hydrogen-bond acceptors (Lipinski definition) is 3. The molecule has 1 heterocycles. The SMILES string of the molecule is CCC1CN(C(C#N)c2ccc(C(F)(F)F)cc2)CCN1C. The van der Waals surface area contributed by atoms with Gasteiger partial charge in [0, 0.05) is 25.7 Å². The molecule has 2 atom stereocenters. The van der Waals surface area contributed by atoms with Crippen molar-refractivity contribution in [1.29, 1.82) is 5.26 Å². The second-order valence-electron chi connectivity index (χ2n) is 5.69. The molecule has 0 bridgehead atoms. The highest BCUT2D eigenvalue weighted by Gasteiger charge is 2.32. The van der Waals surface area contributed by atoms with Crippen molar-refractivity contribution in [1.82, 2.24) is 9.80 Å². The molecule has 0 aliphatic carbocycles. The zero-order valence-electron chi connectivity index (χ0n) is 12.8. The fourth-order valence-electron chi connectivity index (χ4n) is 2.87. The van der Waals surface area contributed by atoms with Crippen LogP contribution in [0.25, 0.3) is 0 Å². The van der Waals surface area contributed by atoms with Gasteiger partial charge in [-0.2, -0.15) is 18.4 Å². The van der Waals surface area contributed by atoms with E-state index in [1.165, 1.54) is 12.1 Å². The third kappa shape index (κ3) is 3.60. The van der Waals surface area contributed by atoms with Gasteiger partial charge in [0.05, 0.1) is 11.6 Å². The summed E-state index contributed by atoms with van der Waals surface area (Å²) in [7, 11) is 2.06. The second-order valence-corrected chi connectivity index (χ2v) is 5.69. The van der Waals surface area contributed by atoms with E-state index in [2.05, 4.69) is 29.8 Å². The number of benzene rings is 1. The van der Waals surface area contributed by atoms with Crippen molar-refractivity contribution in [2.24, 2.45) is 0 Å². The lowest BCUT2D eigenvalue weighted by Crippen LogP contribution is -2.51. The first kappa shape index (κ1) is 16.8. The molecule has 0 aromatic heterocycles. The Morgan fingerprint density at radius 2 is 1.91 bits per heavy atom. The highest BCUT2D eigenvalue weighted by atomic mass is 19.4. The maximum absolute atomic E-state index is 12.6. The molecule has 1 aliphatic rings. The molecule has 6 heteroatoms. The van der Waals surface area contributed by atoms with Crippen molar-refractivity contribution in [2.45, 2.75) is 31.6 Å². The van der Waals surface area contributed by atoms with E-state index in [0.717, 1.165) is 38.2 Å². The maximum Gasteiger partial charge on any atom is 0.416 e. The van der Waals surface area contributed by atoms with Gasteiger partial charge in [-0.3, -0.25) is 4.90 Å². The molecule has 1 fully saturated rings. The Morgan fingerprint density at radius 1 is 1.27 bits per heavy atom. The Kier molecular flexibility index (Phi) is 5.09. The van der Waals surface area contributed by atoms with Crippen LogP contribution >= 0.6 is 0 Å². The van der Waals surface area contributed by atoms with Crippen LogP contribution in [-0.2, 0) is 6.18 Å². The lowest BCUT2D eigenvalue weighted by Gasteiger charge is -2.41. The van der Waals surface area contributed by atoms with Gasteiger partial charge in [0.25, 0.3) is 0 Å². The molecule has 120 valence electrons. The van der Waals surface area contributed by atoms with Gasteiger partial charge in [-0.1, -0.05) is 19.1 Å². The Balaban J connectivity index is 2.17. The molecule has 0 saturated carbocycles. The van der Waals surface area contributed by atoms with Crippen molar-refractivity contribution in [3.8, 4) is 6.07 Å². The Labute approximate surface area is 128 Å². The summed E-state index contributed by atoms with van der Waals surface area (Å²) in [5.41, 5.74) is -0.0624. The van der Waals surface area contributed by atoms with Crippen LogP contribution in [-0.4, -0.2) is 42.5 Å². The smallest absolute Gasteiger partial charge is 0.301 e. The summed E-state index contributed by atoms with van der Waals surface area (Å²) in [5, 5.41) is 9.46. The van der Waals surface area contributed by atoms with E-state index in [1.807, 2.05) is 0 Å². The van der Waals surface area contributed by atoms with Crippen LogP contribution in [0.15, 0.2) is 24.3 Å². The van der Waals surface area contributed by atoms with Crippen LogP contribution in [0.3, 0.4) is 0 Å². The molecule has 0 N–H and O–H groups in total. The van der Waals surface area contributed by atoms with Crippen LogP contribution < -0.4 is 0 Å². The van der Waals surface area contributed by atoms with Crippen LogP contribution in [0.1, 0.15) is 30.5 Å². The van der Waals surface area contributed by atoms with Crippen LogP contribution in [0.2, 0.25) is 0 Å². The molecular formula is C16H20F3N3. The third-order valence-electron chi connectivity index (χ3n) is 4.32. The molecule has 1 aromatic carbocycles. The molecule has 1 saturated heterocycles. The molecule has 1 aromatic rings. The second kappa shape index (κ2) is 6.67. The highest BCUT2D eigenvalue weighted by molar-refractivity contribution is 5.30. The fourth-order valence-corrected chi connectivity index (χ4v) is 2.87. The van der Waals surface area contributed by atoms with Crippen LogP contribution in [0, 0.1) is 11.3 Å². The summed E-state index contributed by atoms with van der Waals surface area (Å²) >= 11 is 0. The molecule has 0 radical (unpaired) electrons. The summed E-state index contributed by atoms with van der Waals surface area (Å²) in [6, 6.07) is 7.03. The first-order valence-electron chi connectivity index (χ1n) is 7.38. The molecule has 1 aliphatic heterocycles. The molecule has 2 unspecified atom stereocenters.